The molecule has 0 fully saturated rings. The molecule has 1 aromatic carbocycles. The molecular formula is C15H7ClF9N3O. The highest BCUT2D eigenvalue weighted by Gasteiger charge is 2.39. The van der Waals surface area contributed by atoms with Crippen LogP contribution in [0.25, 0.3) is 6.20 Å². The number of nitrogens with zero attached hydrogens (tertiary/aromatic N) is 2. The highest BCUT2D eigenvalue weighted by Crippen LogP contribution is 2.38. The predicted octanol–water partition coefficient (Wildman–Crippen LogP) is 5.80. The van der Waals surface area contributed by atoms with Gasteiger partial charge in [-0.3, -0.25) is 9.36 Å². The summed E-state index contributed by atoms with van der Waals surface area (Å²) in [4.78, 5) is 15.0. The summed E-state index contributed by atoms with van der Waals surface area (Å²) >= 11 is 5.32. The Hall–Kier alpha value is -2.70. The first kappa shape index (κ1) is 22.6. The summed E-state index contributed by atoms with van der Waals surface area (Å²) in [6, 6.07) is 0.232. The van der Waals surface area contributed by atoms with E-state index in [1.165, 1.54) is 0 Å². The number of hydrogen-bond acceptors (Lipinski definition) is 3. The number of halogens is 10. The molecule has 0 aliphatic rings. The van der Waals surface area contributed by atoms with Gasteiger partial charge in [0.1, 0.15) is 5.02 Å². The van der Waals surface area contributed by atoms with Gasteiger partial charge < -0.3 is 5.32 Å². The lowest BCUT2D eigenvalue weighted by Gasteiger charge is -2.17. The lowest BCUT2D eigenvalue weighted by atomic mass is 10.1. The minimum Gasteiger partial charge on any atom is -0.325 e. The molecule has 0 saturated heterocycles. The molecule has 1 heterocycles. The Morgan fingerprint density at radius 1 is 0.931 bits per heavy atom. The van der Waals surface area contributed by atoms with Crippen LogP contribution in [0, 0.1) is 0 Å². The number of alkyl halides is 9. The molecule has 14 heteroatoms. The molecule has 0 unspecified atom stereocenters. The van der Waals surface area contributed by atoms with Crippen LogP contribution in [-0.2, 0) is 18.5 Å². The Bertz CT molecular complexity index is 974. The average molecular weight is 452 g/mol. The molecule has 0 radical (unpaired) electrons. The van der Waals surface area contributed by atoms with E-state index in [1.807, 2.05) is 5.32 Å². The van der Waals surface area contributed by atoms with Gasteiger partial charge in [0.05, 0.1) is 11.1 Å². The third kappa shape index (κ3) is 4.83. The van der Waals surface area contributed by atoms with E-state index in [9.17, 15) is 44.3 Å². The first-order chi connectivity index (χ1) is 13.1. The van der Waals surface area contributed by atoms with Crippen molar-refractivity contribution in [3.8, 4) is 0 Å². The molecule has 2 aromatic rings. The fraction of sp³-hybridized carbons (Fsp3) is 0.200. The topological polar surface area (TPSA) is 46.9 Å². The Kier molecular flexibility index (Phi) is 5.67. The van der Waals surface area contributed by atoms with Crippen LogP contribution in [0.2, 0.25) is 5.02 Å². The largest absolute Gasteiger partial charge is 0.435 e. The Balaban J connectivity index is 2.72. The third-order valence-corrected chi connectivity index (χ3v) is 3.70. The molecule has 4 nitrogen and oxygen atoms in total. The molecule has 0 saturated carbocycles. The van der Waals surface area contributed by atoms with Crippen molar-refractivity contribution in [1.29, 1.82) is 0 Å². The first-order valence-electron chi connectivity index (χ1n) is 7.14. The van der Waals surface area contributed by atoms with E-state index in [4.69, 9.17) is 11.6 Å². The van der Waals surface area contributed by atoms with Gasteiger partial charge in [-0.25, -0.2) is 4.98 Å². The maximum Gasteiger partial charge on any atom is 0.435 e. The van der Waals surface area contributed by atoms with Crippen molar-refractivity contribution in [2.45, 2.75) is 18.5 Å². The summed E-state index contributed by atoms with van der Waals surface area (Å²) in [5.41, 5.74) is -7.76. The zero-order valence-corrected chi connectivity index (χ0v) is 14.4. The van der Waals surface area contributed by atoms with Crippen LogP contribution in [0.5, 0.6) is 0 Å². The number of aromatic nitrogens is 2. The van der Waals surface area contributed by atoms with Gasteiger partial charge in [0, 0.05) is 11.9 Å². The average Bonchev–Trinajstić information content (AvgIpc) is 2.55. The lowest BCUT2D eigenvalue weighted by Crippen LogP contribution is -2.25. The predicted molar refractivity (Wildman–Crippen MR) is 84.6 cm³/mol. The Morgan fingerprint density at radius 3 is 1.79 bits per heavy atom. The third-order valence-electron chi connectivity index (χ3n) is 3.36. The van der Waals surface area contributed by atoms with Crippen LogP contribution in [0.3, 0.4) is 0 Å². The van der Waals surface area contributed by atoms with E-state index in [0.29, 0.717) is 10.8 Å². The molecule has 1 aromatic heterocycles. The second kappa shape index (κ2) is 7.28. The fourth-order valence-electron chi connectivity index (χ4n) is 2.11. The van der Waals surface area contributed by atoms with Crippen molar-refractivity contribution in [3.63, 3.8) is 0 Å². The first-order valence-corrected chi connectivity index (χ1v) is 7.51. The Labute approximate surface area is 160 Å². The molecule has 0 spiro atoms. The van der Waals surface area contributed by atoms with Crippen molar-refractivity contribution < 1.29 is 39.5 Å². The van der Waals surface area contributed by atoms with Crippen LogP contribution in [-0.4, -0.2) is 9.55 Å². The second-order valence-electron chi connectivity index (χ2n) is 5.37. The number of anilines is 2. The molecule has 2 rings (SSSR count). The van der Waals surface area contributed by atoms with Crippen LogP contribution in [0.4, 0.5) is 51.1 Å². The SMILES string of the molecule is C=Cn1c(Nc2cc(C(F)(F)F)cc(C(F)(F)F)c2)nc(C(F)(F)F)c(Cl)c1=O. The van der Waals surface area contributed by atoms with E-state index >= 15 is 0 Å². The standard InChI is InChI=1S/C15H7ClF9N3O/c1-2-28-11(29)9(16)10(15(23,24)25)27-12(28)26-8-4-6(13(17,18)19)3-7(5-8)14(20,21)22/h2-5H,1H2,(H,26,27). The number of nitrogens with one attached hydrogen (secondary N) is 1. The van der Waals surface area contributed by atoms with Gasteiger partial charge >= 0.3 is 18.5 Å². The zero-order valence-electron chi connectivity index (χ0n) is 13.6. The summed E-state index contributed by atoms with van der Waals surface area (Å²) < 4.78 is 117. The molecule has 1 N–H and O–H groups in total. The number of benzene rings is 1. The van der Waals surface area contributed by atoms with E-state index in [1.54, 1.807) is 0 Å². The van der Waals surface area contributed by atoms with E-state index < -0.39 is 57.6 Å². The van der Waals surface area contributed by atoms with Crippen molar-refractivity contribution in [3.05, 3.63) is 57.0 Å². The van der Waals surface area contributed by atoms with Crippen LogP contribution >= 0.6 is 11.6 Å². The molecule has 0 bridgehead atoms. The molecule has 0 aliphatic carbocycles. The maximum atomic E-state index is 13.0. The van der Waals surface area contributed by atoms with Gasteiger partial charge in [-0.05, 0) is 18.2 Å². The molecule has 0 aliphatic heterocycles. The van der Waals surface area contributed by atoms with Crippen LogP contribution in [0.1, 0.15) is 16.8 Å². The number of rotatable bonds is 3. The molecule has 0 atom stereocenters. The summed E-state index contributed by atoms with van der Waals surface area (Å²) in [5, 5.41) is 0.493. The van der Waals surface area contributed by atoms with Gasteiger partial charge in [-0.15, -0.1) is 0 Å². The molecule has 0 amide bonds. The maximum absolute atomic E-state index is 13.0. The van der Waals surface area contributed by atoms with E-state index in [2.05, 4.69) is 11.6 Å². The van der Waals surface area contributed by atoms with Gasteiger partial charge in [-0.1, -0.05) is 18.2 Å². The monoisotopic (exact) mass is 451 g/mol. The smallest absolute Gasteiger partial charge is 0.325 e. The van der Waals surface area contributed by atoms with Crippen molar-refractivity contribution in [2.24, 2.45) is 0 Å². The van der Waals surface area contributed by atoms with Crippen LogP contribution < -0.4 is 10.9 Å². The van der Waals surface area contributed by atoms with Crippen molar-refractivity contribution in [1.82, 2.24) is 9.55 Å². The quantitative estimate of drug-likeness (QED) is 0.600. The minimum atomic E-state index is -5.22. The van der Waals surface area contributed by atoms with E-state index in [0.717, 1.165) is 0 Å². The second-order valence-corrected chi connectivity index (χ2v) is 5.75. The summed E-state index contributed by atoms with van der Waals surface area (Å²) in [6.45, 7) is 3.12. The van der Waals surface area contributed by atoms with Crippen LogP contribution in [0.15, 0.2) is 29.6 Å². The highest BCUT2D eigenvalue weighted by molar-refractivity contribution is 6.31. The van der Waals surface area contributed by atoms with E-state index in [-0.39, 0.29) is 18.2 Å². The van der Waals surface area contributed by atoms with Crippen molar-refractivity contribution >= 4 is 29.4 Å². The zero-order chi connectivity index (χ0) is 22.4. The Morgan fingerprint density at radius 2 is 1.41 bits per heavy atom. The molecule has 158 valence electrons. The van der Waals surface area contributed by atoms with Gasteiger partial charge in [0.15, 0.2) is 5.69 Å². The fourth-order valence-corrected chi connectivity index (χ4v) is 2.35. The summed E-state index contributed by atoms with van der Waals surface area (Å²) in [7, 11) is 0. The summed E-state index contributed by atoms with van der Waals surface area (Å²) in [5.74, 6) is -1.05. The number of hydrogen-bond donors (Lipinski definition) is 1. The van der Waals surface area contributed by atoms with Gasteiger partial charge in [0.2, 0.25) is 5.95 Å². The van der Waals surface area contributed by atoms with Crippen molar-refractivity contribution in [2.75, 3.05) is 5.32 Å². The molecular weight excluding hydrogens is 445 g/mol. The summed E-state index contributed by atoms with van der Waals surface area (Å²) in [6.07, 6.45) is -15.0. The highest BCUT2D eigenvalue weighted by atomic mass is 35.5. The molecule has 29 heavy (non-hydrogen) atoms. The lowest BCUT2D eigenvalue weighted by molar-refractivity contribution is -0.143. The van der Waals surface area contributed by atoms with Gasteiger partial charge in [-0.2, -0.15) is 39.5 Å². The minimum absolute atomic E-state index is 0.178. The normalized spacial score (nSPS) is 12.8. The van der Waals surface area contributed by atoms with Gasteiger partial charge in [0.25, 0.3) is 5.56 Å².